The van der Waals surface area contributed by atoms with Crippen molar-refractivity contribution in [2.45, 2.75) is 49.8 Å². The number of nitrogens with zero attached hydrogens (tertiary/aromatic N) is 2. The molecule has 0 saturated heterocycles. The standard InChI is InChI=1S/C19H27N3OS.C2HF3O2/c1-13-6-4-9-16-18(13)20-17(21-19(16)23)12-24-15-8-5-7-14(10-15)11-22(2)3;3-2(4,5)1(6)7/h4,6,9,14-15H,5,7-8,10-12H2,1-3H3,(H,20,21,23);(H,6,7)/t14-,15+;/m0./s1. The smallest absolute Gasteiger partial charge is 0.475 e. The van der Waals surface area contributed by atoms with E-state index in [9.17, 15) is 18.0 Å². The van der Waals surface area contributed by atoms with Gasteiger partial charge in [0.15, 0.2) is 0 Å². The average Bonchev–Trinajstić information content (AvgIpc) is 2.67. The molecule has 3 rings (SSSR count). The molecule has 0 radical (unpaired) electrons. The summed E-state index contributed by atoms with van der Waals surface area (Å²) in [5.74, 6) is -0.357. The van der Waals surface area contributed by atoms with Gasteiger partial charge in [0.1, 0.15) is 5.82 Å². The lowest BCUT2D eigenvalue weighted by molar-refractivity contribution is -0.192. The van der Waals surface area contributed by atoms with Crippen molar-refractivity contribution in [1.82, 2.24) is 14.9 Å². The van der Waals surface area contributed by atoms with Crippen LogP contribution in [0.1, 0.15) is 37.1 Å². The monoisotopic (exact) mass is 459 g/mol. The summed E-state index contributed by atoms with van der Waals surface area (Å²) in [7, 11) is 4.31. The number of carboxylic acids is 1. The molecular formula is C21H28F3N3O3S. The van der Waals surface area contributed by atoms with Gasteiger partial charge in [0.25, 0.3) is 5.56 Å². The molecule has 1 aliphatic carbocycles. The highest BCUT2D eigenvalue weighted by Crippen LogP contribution is 2.33. The zero-order valence-electron chi connectivity index (χ0n) is 17.8. The van der Waals surface area contributed by atoms with Gasteiger partial charge in [0, 0.05) is 11.8 Å². The first-order valence-corrected chi connectivity index (χ1v) is 11.1. The van der Waals surface area contributed by atoms with Crippen LogP contribution in [0.25, 0.3) is 10.9 Å². The molecule has 0 spiro atoms. The van der Waals surface area contributed by atoms with Gasteiger partial charge in [-0.15, -0.1) is 0 Å². The molecule has 1 heterocycles. The van der Waals surface area contributed by atoms with Gasteiger partial charge in [-0.3, -0.25) is 4.79 Å². The lowest BCUT2D eigenvalue weighted by atomic mass is 9.88. The van der Waals surface area contributed by atoms with E-state index in [1.54, 1.807) is 0 Å². The van der Waals surface area contributed by atoms with Crippen molar-refractivity contribution in [1.29, 1.82) is 0 Å². The predicted octanol–water partition coefficient (Wildman–Crippen LogP) is 4.22. The number of rotatable bonds is 5. The first-order chi connectivity index (χ1) is 14.5. The Labute approximate surface area is 183 Å². The summed E-state index contributed by atoms with van der Waals surface area (Å²) in [4.78, 5) is 31.1. The third-order valence-electron chi connectivity index (χ3n) is 5.04. The van der Waals surface area contributed by atoms with Crippen molar-refractivity contribution >= 4 is 28.6 Å². The van der Waals surface area contributed by atoms with Crippen LogP contribution in [0.15, 0.2) is 23.0 Å². The van der Waals surface area contributed by atoms with Crippen LogP contribution in [0.4, 0.5) is 13.2 Å². The van der Waals surface area contributed by atoms with Gasteiger partial charge in [-0.25, -0.2) is 9.78 Å². The Morgan fingerprint density at radius 3 is 2.61 bits per heavy atom. The van der Waals surface area contributed by atoms with Crippen molar-refractivity contribution in [3.63, 3.8) is 0 Å². The lowest BCUT2D eigenvalue weighted by Crippen LogP contribution is -2.27. The molecule has 1 aromatic carbocycles. The number of alkyl halides is 3. The molecular weight excluding hydrogens is 431 g/mol. The number of thioether (sulfide) groups is 1. The normalized spacial score (nSPS) is 19.2. The van der Waals surface area contributed by atoms with Crippen LogP contribution in [-0.4, -0.2) is 58.0 Å². The molecule has 2 atom stereocenters. The van der Waals surface area contributed by atoms with Crippen LogP contribution in [-0.2, 0) is 10.5 Å². The van der Waals surface area contributed by atoms with E-state index in [1.165, 1.54) is 32.2 Å². The van der Waals surface area contributed by atoms with Gasteiger partial charge in [-0.1, -0.05) is 18.6 Å². The van der Waals surface area contributed by atoms with Crippen molar-refractivity contribution < 1.29 is 23.1 Å². The SMILES string of the molecule is Cc1cccc2c(=O)[nH]c(CS[C@@H]3CCC[C@H](CN(C)C)C3)nc12.O=C(O)C(F)(F)F. The Balaban J connectivity index is 0.000000423. The average molecular weight is 460 g/mol. The number of benzene rings is 1. The van der Waals surface area contributed by atoms with Gasteiger partial charge >= 0.3 is 12.1 Å². The number of halogens is 3. The van der Waals surface area contributed by atoms with E-state index < -0.39 is 12.1 Å². The molecule has 31 heavy (non-hydrogen) atoms. The maximum absolute atomic E-state index is 12.3. The van der Waals surface area contributed by atoms with Crippen molar-refractivity contribution in [2.24, 2.45) is 5.92 Å². The number of aromatic nitrogens is 2. The topological polar surface area (TPSA) is 86.3 Å². The van der Waals surface area contributed by atoms with Crippen LogP contribution < -0.4 is 5.56 Å². The van der Waals surface area contributed by atoms with Crippen LogP contribution in [0, 0.1) is 12.8 Å². The van der Waals surface area contributed by atoms with E-state index in [0.29, 0.717) is 10.6 Å². The van der Waals surface area contributed by atoms with Gasteiger partial charge in [0.2, 0.25) is 0 Å². The largest absolute Gasteiger partial charge is 0.490 e. The second-order valence-electron chi connectivity index (χ2n) is 8.01. The highest BCUT2D eigenvalue weighted by atomic mass is 32.2. The molecule has 0 aliphatic heterocycles. The molecule has 2 aromatic rings. The minimum atomic E-state index is -5.08. The van der Waals surface area contributed by atoms with Gasteiger partial charge in [-0.2, -0.15) is 24.9 Å². The third-order valence-corrected chi connectivity index (χ3v) is 6.38. The molecule has 172 valence electrons. The fourth-order valence-electron chi connectivity index (χ4n) is 3.69. The quantitative estimate of drug-likeness (QED) is 0.696. The highest BCUT2D eigenvalue weighted by Gasteiger charge is 2.38. The fraction of sp³-hybridized carbons (Fsp3) is 0.571. The third kappa shape index (κ3) is 7.84. The Morgan fingerprint density at radius 1 is 1.32 bits per heavy atom. The molecule has 1 aromatic heterocycles. The number of carbonyl (C=O) groups is 1. The molecule has 0 bridgehead atoms. The number of para-hydroxylation sites is 1. The Kier molecular flexibility index (Phi) is 8.93. The van der Waals surface area contributed by atoms with Crippen LogP contribution in [0.3, 0.4) is 0 Å². The number of aromatic amines is 1. The summed E-state index contributed by atoms with van der Waals surface area (Å²) in [5, 5.41) is 8.49. The molecule has 0 unspecified atom stereocenters. The maximum atomic E-state index is 12.3. The van der Waals surface area contributed by atoms with Crippen molar-refractivity contribution in [3.8, 4) is 0 Å². The van der Waals surface area contributed by atoms with E-state index in [2.05, 4.69) is 24.0 Å². The minimum absolute atomic E-state index is 0.0200. The lowest BCUT2D eigenvalue weighted by Gasteiger charge is -2.30. The summed E-state index contributed by atoms with van der Waals surface area (Å²) in [5.41, 5.74) is 1.88. The molecule has 1 aliphatic rings. The number of fused-ring (bicyclic) bond motifs is 1. The number of hydrogen-bond donors (Lipinski definition) is 2. The van der Waals surface area contributed by atoms with Crippen LogP contribution in [0.2, 0.25) is 0 Å². The highest BCUT2D eigenvalue weighted by molar-refractivity contribution is 7.99. The van der Waals surface area contributed by atoms with E-state index in [0.717, 1.165) is 28.6 Å². The van der Waals surface area contributed by atoms with E-state index in [1.807, 2.05) is 36.9 Å². The molecule has 1 fully saturated rings. The van der Waals surface area contributed by atoms with E-state index in [-0.39, 0.29) is 5.56 Å². The van der Waals surface area contributed by atoms with Gasteiger partial charge < -0.3 is 15.0 Å². The molecule has 0 amide bonds. The number of nitrogens with one attached hydrogen (secondary N) is 1. The molecule has 10 heteroatoms. The molecule has 6 nitrogen and oxygen atoms in total. The Hall–Kier alpha value is -2.07. The molecule has 1 saturated carbocycles. The fourth-order valence-corrected chi connectivity index (χ4v) is 4.96. The number of aliphatic carboxylic acids is 1. The maximum Gasteiger partial charge on any atom is 0.490 e. The predicted molar refractivity (Wildman–Crippen MR) is 116 cm³/mol. The second kappa shape index (κ2) is 11.0. The Morgan fingerprint density at radius 2 is 2.00 bits per heavy atom. The summed E-state index contributed by atoms with van der Waals surface area (Å²) in [6, 6.07) is 5.77. The van der Waals surface area contributed by atoms with Crippen LogP contribution >= 0.6 is 11.8 Å². The van der Waals surface area contributed by atoms with Crippen molar-refractivity contribution in [2.75, 3.05) is 20.6 Å². The summed E-state index contributed by atoms with van der Waals surface area (Å²) in [6.45, 7) is 3.19. The number of carboxylic acid groups (broad SMARTS) is 1. The second-order valence-corrected chi connectivity index (χ2v) is 9.30. The zero-order valence-corrected chi connectivity index (χ0v) is 18.6. The zero-order chi connectivity index (χ0) is 23.2. The van der Waals surface area contributed by atoms with Crippen molar-refractivity contribution in [3.05, 3.63) is 39.9 Å². The number of aryl methyl sites for hydroxylation is 1. The van der Waals surface area contributed by atoms with Gasteiger partial charge in [0.05, 0.1) is 16.7 Å². The van der Waals surface area contributed by atoms with Crippen LogP contribution in [0.5, 0.6) is 0 Å². The van der Waals surface area contributed by atoms with E-state index >= 15 is 0 Å². The summed E-state index contributed by atoms with van der Waals surface area (Å²) in [6.07, 6.45) is 0.140. The minimum Gasteiger partial charge on any atom is -0.475 e. The van der Waals surface area contributed by atoms with Gasteiger partial charge in [-0.05, 0) is 57.8 Å². The summed E-state index contributed by atoms with van der Waals surface area (Å²) < 4.78 is 31.7. The molecule has 2 N–H and O–H groups in total. The van der Waals surface area contributed by atoms with E-state index in [4.69, 9.17) is 14.9 Å². The Bertz CT molecular complexity index is 947. The number of hydrogen-bond acceptors (Lipinski definition) is 5. The number of H-pyrrole nitrogens is 1. The summed E-state index contributed by atoms with van der Waals surface area (Å²) >= 11 is 1.95. The first kappa shape index (κ1) is 25.2. The first-order valence-electron chi connectivity index (χ1n) is 10.0.